The Morgan fingerprint density at radius 3 is 2.27 bits per heavy atom. The van der Waals surface area contributed by atoms with Crippen LogP contribution < -0.4 is 0 Å². The Balaban J connectivity index is 1.70. The molecule has 1 heterocycles. The molecule has 0 spiro atoms. The number of nitrogens with zero attached hydrogens (tertiary/aromatic N) is 1. The summed E-state index contributed by atoms with van der Waals surface area (Å²) in [6.07, 6.45) is 1.41. The summed E-state index contributed by atoms with van der Waals surface area (Å²) in [5, 5.41) is 8.86. The van der Waals surface area contributed by atoms with E-state index in [1.807, 2.05) is 31.2 Å². The molecule has 0 unspecified atom stereocenters. The molecule has 26 heavy (non-hydrogen) atoms. The fraction of sp³-hybridized carbons (Fsp3) is 0.333. The topological polar surface area (TPSA) is 57.6 Å². The van der Waals surface area contributed by atoms with Crippen molar-refractivity contribution < 1.29 is 19.1 Å². The molecule has 1 aliphatic heterocycles. The fourth-order valence-electron chi connectivity index (χ4n) is 3.37. The van der Waals surface area contributed by atoms with Gasteiger partial charge in [-0.05, 0) is 48.9 Å². The van der Waals surface area contributed by atoms with Gasteiger partial charge in [-0.2, -0.15) is 0 Å². The number of likely N-dealkylation sites (tertiary alicyclic amines) is 1. The van der Waals surface area contributed by atoms with Gasteiger partial charge in [0.05, 0.1) is 5.56 Å². The van der Waals surface area contributed by atoms with Gasteiger partial charge in [0.25, 0.3) is 5.91 Å². The van der Waals surface area contributed by atoms with Gasteiger partial charge in [-0.25, -0.2) is 4.39 Å². The molecule has 3 rings (SSSR count). The van der Waals surface area contributed by atoms with Crippen molar-refractivity contribution in [3.8, 4) is 11.1 Å². The predicted octanol–water partition coefficient (Wildman–Crippen LogP) is 4.13. The van der Waals surface area contributed by atoms with Gasteiger partial charge in [0.2, 0.25) is 0 Å². The summed E-state index contributed by atoms with van der Waals surface area (Å²) in [6.45, 7) is 2.93. The lowest BCUT2D eigenvalue weighted by atomic mass is 9.93. The van der Waals surface area contributed by atoms with Gasteiger partial charge < -0.3 is 10.0 Å². The molecule has 136 valence electrons. The largest absolute Gasteiger partial charge is 0.481 e. The first-order valence-corrected chi connectivity index (χ1v) is 8.81. The van der Waals surface area contributed by atoms with Crippen molar-refractivity contribution in [3.05, 3.63) is 59.4 Å². The molecular weight excluding hydrogens is 333 g/mol. The van der Waals surface area contributed by atoms with Crippen LogP contribution in [0.15, 0.2) is 42.5 Å². The number of aliphatic carboxylic acids is 1. The zero-order valence-electron chi connectivity index (χ0n) is 14.7. The van der Waals surface area contributed by atoms with Gasteiger partial charge in [0.15, 0.2) is 0 Å². The predicted molar refractivity (Wildman–Crippen MR) is 97.5 cm³/mol. The molecule has 1 aliphatic rings. The fourth-order valence-corrected chi connectivity index (χ4v) is 3.37. The van der Waals surface area contributed by atoms with Gasteiger partial charge in [0, 0.05) is 19.5 Å². The number of benzene rings is 2. The van der Waals surface area contributed by atoms with Crippen LogP contribution in [0.3, 0.4) is 0 Å². The zero-order chi connectivity index (χ0) is 18.7. The third kappa shape index (κ3) is 4.10. The Hall–Kier alpha value is -2.69. The molecule has 1 saturated heterocycles. The van der Waals surface area contributed by atoms with E-state index in [-0.39, 0.29) is 23.8 Å². The lowest BCUT2D eigenvalue weighted by Gasteiger charge is -2.31. The number of carboxylic acid groups (broad SMARTS) is 1. The van der Waals surface area contributed by atoms with Gasteiger partial charge in [0.1, 0.15) is 5.82 Å². The average Bonchev–Trinajstić information content (AvgIpc) is 2.62. The number of hydrogen-bond donors (Lipinski definition) is 1. The number of carboxylic acids is 1. The molecule has 2 aromatic carbocycles. The van der Waals surface area contributed by atoms with E-state index in [1.54, 1.807) is 11.0 Å². The second-order valence-corrected chi connectivity index (χ2v) is 6.89. The smallest absolute Gasteiger partial charge is 0.303 e. The summed E-state index contributed by atoms with van der Waals surface area (Å²) in [5.74, 6) is -1.58. The Labute approximate surface area is 152 Å². The monoisotopic (exact) mass is 355 g/mol. The second kappa shape index (κ2) is 7.68. The van der Waals surface area contributed by atoms with Crippen LogP contribution in [-0.4, -0.2) is 35.0 Å². The van der Waals surface area contributed by atoms with Gasteiger partial charge in [-0.15, -0.1) is 0 Å². The second-order valence-electron chi connectivity index (χ2n) is 6.89. The molecule has 0 bridgehead atoms. The highest BCUT2D eigenvalue weighted by Crippen LogP contribution is 2.25. The minimum absolute atomic E-state index is 0.0672. The molecule has 0 atom stereocenters. The maximum atomic E-state index is 14.5. The Morgan fingerprint density at radius 2 is 1.69 bits per heavy atom. The first kappa shape index (κ1) is 18.1. The third-order valence-corrected chi connectivity index (χ3v) is 4.95. The molecule has 2 aromatic rings. The van der Waals surface area contributed by atoms with Crippen LogP contribution in [0.5, 0.6) is 0 Å². The Morgan fingerprint density at radius 1 is 1.08 bits per heavy atom. The van der Waals surface area contributed by atoms with E-state index < -0.39 is 11.8 Å². The summed E-state index contributed by atoms with van der Waals surface area (Å²) in [6, 6.07) is 12.5. The number of aryl methyl sites for hydroxylation is 1. The highest BCUT2D eigenvalue weighted by molar-refractivity contribution is 5.95. The Bertz CT molecular complexity index is 809. The van der Waals surface area contributed by atoms with Gasteiger partial charge in [-0.3, -0.25) is 9.59 Å². The van der Waals surface area contributed by atoms with E-state index in [0.717, 1.165) is 16.7 Å². The molecule has 5 heteroatoms. The number of carbonyl (C=O) groups excluding carboxylic acids is 1. The average molecular weight is 355 g/mol. The zero-order valence-corrected chi connectivity index (χ0v) is 14.7. The maximum Gasteiger partial charge on any atom is 0.303 e. The highest BCUT2D eigenvalue weighted by atomic mass is 19.1. The molecule has 0 aromatic heterocycles. The normalized spacial score (nSPS) is 15.1. The Kier molecular flexibility index (Phi) is 5.35. The maximum absolute atomic E-state index is 14.5. The molecule has 1 N–H and O–H groups in total. The molecule has 4 nitrogen and oxygen atoms in total. The number of carbonyl (C=O) groups is 2. The quantitative estimate of drug-likeness (QED) is 0.897. The van der Waals surface area contributed by atoms with Crippen molar-refractivity contribution >= 4 is 11.9 Å². The molecule has 0 saturated carbocycles. The summed E-state index contributed by atoms with van der Waals surface area (Å²) < 4.78 is 14.5. The summed E-state index contributed by atoms with van der Waals surface area (Å²) in [5.41, 5.74) is 2.84. The highest BCUT2D eigenvalue weighted by Gasteiger charge is 2.26. The van der Waals surface area contributed by atoms with Crippen LogP contribution in [-0.2, 0) is 4.79 Å². The third-order valence-electron chi connectivity index (χ3n) is 4.95. The van der Waals surface area contributed by atoms with Gasteiger partial charge in [-0.1, -0.05) is 35.9 Å². The van der Waals surface area contributed by atoms with Gasteiger partial charge >= 0.3 is 5.97 Å². The standard InChI is InChI=1S/C21H22FNO3/c1-14-2-4-16(5-3-14)17-6-7-18(19(22)13-17)21(26)23-10-8-15(9-11-23)12-20(24)25/h2-7,13,15H,8-12H2,1H3,(H,24,25). The van der Waals surface area contributed by atoms with Crippen molar-refractivity contribution in [2.75, 3.05) is 13.1 Å². The number of halogens is 1. The van der Waals surface area contributed by atoms with Crippen molar-refractivity contribution in [3.63, 3.8) is 0 Å². The number of hydrogen-bond acceptors (Lipinski definition) is 2. The van der Waals surface area contributed by atoms with E-state index in [0.29, 0.717) is 25.9 Å². The number of amides is 1. The summed E-state index contributed by atoms with van der Waals surface area (Å²) in [7, 11) is 0. The van der Waals surface area contributed by atoms with E-state index in [4.69, 9.17) is 5.11 Å². The van der Waals surface area contributed by atoms with Crippen molar-refractivity contribution in [2.45, 2.75) is 26.2 Å². The first-order valence-electron chi connectivity index (χ1n) is 8.81. The first-order chi connectivity index (χ1) is 12.4. The van der Waals surface area contributed by atoms with Crippen LogP contribution in [0.2, 0.25) is 0 Å². The molecular formula is C21H22FNO3. The van der Waals surface area contributed by atoms with Crippen LogP contribution in [0.25, 0.3) is 11.1 Å². The summed E-state index contributed by atoms with van der Waals surface area (Å²) in [4.78, 5) is 25.0. The summed E-state index contributed by atoms with van der Waals surface area (Å²) >= 11 is 0. The number of piperidine rings is 1. The molecule has 0 aliphatic carbocycles. The minimum atomic E-state index is -0.812. The van der Waals surface area contributed by atoms with E-state index >= 15 is 0 Å². The number of rotatable bonds is 4. The van der Waals surface area contributed by atoms with Crippen molar-refractivity contribution in [1.82, 2.24) is 4.90 Å². The lowest BCUT2D eigenvalue weighted by Crippen LogP contribution is -2.39. The lowest BCUT2D eigenvalue weighted by molar-refractivity contribution is -0.138. The molecule has 0 radical (unpaired) electrons. The van der Waals surface area contributed by atoms with Crippen LogP contribution in [0.1, 0.15) is 35.2 Å². The van der Waals surface area contributed by atoms with Crippen LogP contribution >= 0.6 is 0 Å². The van der Waals surface area contributed by atoms with Crippen molar-refractivity contribution in [2.24, 2.45) is 5.92 Å². The van der Waals surface area contributed by atoms with E-state index in [2.05, 4.69) is 0 Å². The van der Waals surface area contributed by atoms with E-state index in [9.17, 15) is 14.0 Å². The minimum Gasteiger partial charge on any atom is -0.481 e. The van der Waals surface area contributed by atoms with Crippen LogP contribution in [0, 0.1) is 18.7 Å². The van der Waals surface area contributed by atoms with Crippen molar-refractivity contribution in [1.29, 1.82) is 0 Å². The SMILES string of the molecule is Cc1ccc(-c2ccc(C(=O)N3CCC(CC(=O)O)CC3)c(F)c2)cc1. The molecule has 1 amide bonds. The van der Waals surface area contributed by atoms with Crippen LogP contribution in [0.4, 0.5) is 4.39 Å². The molecule has 1 fully saturated rings. The van der Waals surface area contributed by atoms with E-state index in [1.165, 1.54) is 12.1 Å².